The zero-order chi connectivity index (χ0) is 16.8. The van der Waals surface area contributed by atoms with Crippen LogP contribution in [0.15, 0.2) is 53.9 Å². The first-order chi connectivity index (χ1) is 11.8. The Bertz CT molecular complexity index is 814. The van der Waals surface area contributed by atoms with Gasteiger partial charge in [0.2, 0.25) is 0 Å². The molecule has 0 saturated heterocycles. The van der Waals surface area contributed by atoms with Crippen molar-refractivity contribution in [2.24, 2.45) is 12.0 Å². The monoisotopic (exact) mass is 324 g/mol. The first kappa shape index (κ1) is 16.1. The third-order valence-electron chi connectivity index (χ3n) is 3.99. The predicted molar refractivity (Wildman–Crippen MR) is 98.0 cm³/mol. The summed E-state index contributed by atoms with van der Waals surface area (Å²) in [7, 11) is 3.71. The fourth-order valence-electron chi connectivity index (χ4n) is 2.76. The summed E-state index contributed by atoms with van der Waals surface area (Å²) in [6.45, 7) is 2.58. The first-order valence-electron chi connectivity index (χ1n) is 8.22. The van der Waals surface area contributed by atoms with Gasteiger partial charge in [-0.2, -0.15) is 5.10 Å². The third kappa shape index (κ3) is 3.95. The van der Waals surface area contributed by atoms with Crippen LogP contribution >= 0.6 is 0 Å². The van der Waals surface area contributed by atoms with E-state index in [2.05, 4.69) is 61.8 Å². The quantitative estimate of drug-likeness (QED) is 0.415. The van der Waals surface area contributed by atoms with Gasteiger partial charge in [-0.15, -0.1) is 0 Å². The number of guanidine groups is 1. The van der Waals surface area contributed by atoms with Crippen LogP contribution in [-0.2, 0) is 20.1 Å². The van der Waals surface area contributed by atoms with Crippen LogP contribution in [0.4, 0.5) is 0 Å². The van der Waals surface area contributed by atoms with Crippen molar-refractivity contribution in [2.75, 3.05) is 13.6 Å². The van der Waals surface area contributed by atoms with Gasteiger partial charge in [-0.05, 0) is 23.9 Å². The molecule has 0 spiro atoms. The zero-order valence-corrected chi connectivity index (χ0v) is 14.2. The van der Waals surface area contributed by atoms with Gasteiger partial charge in [0.25, 0.3) is 0 Å². The Morgan fingerprint density at radius 2 is 2.08 bits per heavy atom. The van der Waals surface area contributed by atoms with Gasteiger partial charge in [0, 0.05) is 57.2 Å². The van der Waals surface area contributed by atoms with E-state index in [0.29, 0.717) is 0 Å². The number of nitrogens with one attached hydrogen (secondary N) is 2. The molecule has 0 saturated carbocycles. The molecule has 3 aromatic rings. The number of rotatable bonds is 6. The lowest BCUT2D eigenvalue weighted by molar-refractivity contribution is 0.640. The van der Waals surface area contributed by atoms with Gasteiger partial charge in [-0.3, -0.25) is 9.67 Å². The molecule has 0 aliphatic heterocycles. The molecule has 6 nitrogen and oxygen atoms in total. The van der Waals surface area contributed by atoms with Crippen LogP contribution in [0.3, 0.4) is 0 Å². The minimum absolute atomic E-state index is 0.718. The van der Waals surface area contributed by atoms with Gasteiger partial charge in [0.1, 0.15) is 0 Å². The standard InChI is InChI=1S/C18H24N6/c1-19-18(21-12-15-13-22-23(2)14-15)20-9-5-10-24-11-8-16-6-3-4-7-17(16)24/h3-4,6-8,11,13-14H,5,9-10,12H2,1-2H3,(H2,19,20,21). The van der Waals surface area contributed by atoms with Gasteiger partial charge in [0.05, 0.1) is 6.20 Å². The second-order valence-electron chi connectivity index (χ2n) is 5.80. The average molecular weight is 324 g/mol. The van der Waals surface area contributed by atoms with E-state index in [0.717, 1.165) is 37.6 Å². The summed E-state index contributed by atoms with van der Waals surface area (Å²) in [6.07, 6.45) is 7.04. The largest absolute Gasteiger partial charge is 0.356 e. The van der Waals surface area contributed by atoms with Crippen LogP contribution in [-0.4, -0.2) is 33.9 Å². The summed E-state index contributed by atoms with van der Waals surface area (Å²) in [4.78, 5) is 4.25. The normalized spacial score (nSPS) is 11.8. The van der Waals surface area contributed by atoms with Crippen molar-refractivity contribution in [3.05, 3.63) is 54.5 Å². The Kier molecular flexibility index (Phi) is 5.15. The molecule has 0 radical (unpaired) electrons. The third-order valence-corrected chi connectivity index (χ3v) is 3.99. The minimum atomic E-state index is 0.718. The highest BCUT2D eigenvalue weighted by molar-refractivity contribution is 5.80. The molecular formula is C18H24N6. The highest BCUT2D eigenvalue weighted by atomic mass is 15.2. The minimum Gasteiger partial charge on any atom is -0.356 e. The van der Waals surface area contributed by atoms with Crippen LogP contribution in [0.25, 0.3) is 10.9 Å². The van der Waals surface area contributed by atoms with E-state index in [4.69, 9.17) is 0 Å². The molecule has 126 valence electrons. The Labute approximate surface area is 142 Å². The summed E-state index contributed by atoms with van der Waals surface area (Å²) in [5, 5.41) is 12.1. The topological polar surface area (TPSA) is 59.2 Å². The van der Waals surface area contributed by atoms with E-state index in [1.807, 2.05) is 19.4 Å². The van der Waals surface area contributed by atoms with Crippen molar-refractivity contribution < 1.29 is 0 Å². The fourth-order valence-corrected chi connectivity index (χ4v) is 2.76. The second-order valence-corrected chi connectivity index (χ2v) is 5.80. The van der Waals surface area contributed by atoms with Crippen LogP contribution < -0.4 is 10.6 Å². The maximum absolute atomic E-state index is 4.25. The van der Waals surface area contributed by atoms with Gasteiger partial charge in [-0.1, -0.05) is 18.2 Å². The van der Waals surface area contributed by atoms with Gasteiger partial charge >= 0.3 is 0 Å². The number of hydrogen-bond acceptors (Lipinski definition) is 2. The molecule has 0 amide bonds. The molecule has 1 aromatic carbocycles. The number of aromatic nitrogens is 3. The van der Waals surface area contributed by atoms with Crippen molar-refractivity contribution in [1.29, 1.82) is 0 Å². The van der Waals surface area contributed by atoms with Crippen LogP contribution in [0.5, 0.6) is 0 Å². The van der Waals surface area contributed by atoms with E-state index in [1.165, 1.54) is 10.9 Å². The molecule has 6 heteroatoms. The van der Waals surface area contributed by atoms with Crippen LogP contribution in [0.1, 0.15) is 12.0 Å². The van der Waals surface area contributed by atoms with E-state index in [-0.39, 0.29) is 0 Å². The molecule has 24 heavy (non-hydrogen) atoms. The van der Waals surface area contributed by atoms with Crippen molar-refractivity contribution in [3.8, 4) is 0 Å². The number of aliphatic imine (C=N–C) groups is 1. The number of fused-ring (bicyclic) bond motifs is 1. The summed E-state index contributed by atoms with van der Waals surface area (Å²) in [6, 6.07) is 10.6. The first-order valence-corrected chi connectivity index (χ1v) is 8.22. The molecule has 0 unspecified atom stereocenters. The summed E-state index contributed by atoms with van der Waals surface area (Å²) in [5.41, 5.74) is 2.43. The molecular weight excluding hydrogens is 300 g/mol. The lowest BCUT2D eigenvalue weighted by atomic mass is 10.2. The Balaban J connectivity index is 1.43. The number of aryl methyl sites for hydroxylation is 2. The molecule has 0 atom stereocenters. The number of benzene rings is 1. The van der Waals surface area contributed by atoms with Crippen molar-refractivity contribution in [3.63, 3.8) is 0 Å². The van der Waals surface area contributed by atoms with E-state index >= 15 is 0 Å². The van der Waals surface area contributed by atoms with Crippen LogP contribution in [0, 0.1) is 0 Å². The van der Waals surface area contributed by atoms with Gasteiger partial charge < -0.3 is 15.2 Å². The lowest BCUT2D eigenvalue weighted by Gasteiger charge is -2.11. The SMILES string of the molecule is CN=C(NCCCn1ccc2ccccc21)NCc1cnn(C)c1. The molecule has 0 bridgehead atoms. The highest BCUT2D eigenvalue weighted by Crippen LogP contribution is 2.15. The number of nitrogens with zero attached hydrogens (tertiary/aromatic N) is 4. The van der Waals surface area contributed by atoms with Crippen LogP contribution in [0.2, 0.25) is 0 Å². The Morgan fingerprint density at radius 3 is 2.88 bits per heavy atom. The maximum Gasteiger partial charge on any atom is 0.191 e. The van der Waals surface area contributed by atoms with Crippen molar-refractivity contribution >= 4 is 16.9 Å². The van der Waals surface area contributed by atoms with E-state index in [9.17, 15) is 0 Å². The average Bonchev–Trinajstić information content (AvgIpc) is 3.20. The lowest BCUT2D eigenvalue weighted by Crippen LogP contribution is -2.37. The van der Waals surface area contributed by atoms with Gasteiger partial charge in [-0.25, -0.2) is 0 Å². The number of hydrogen-bond donors (Lipinski definition) is 2. The van der Waals surface area contributed by atoms with Gasteiger partial charge in [0.15, 0.2) is 5.96 Å². The maximum atomic E-state index is 4.25. The second kappa shape index (κ2) is 7.68. The Morgan fingerprint density at radius 1 is 1.21 bits per heavy atom. The van der Waals surface area contributed by atoms with Crippen molar-refractivity contribution in [2.45, 2.75) is 19.5 Å². The van der Waals surface area contributed by atoms with Crippen molar-refractivity contribution in [1.82, 2.24) is 25.0 Å². The smallest absolute Gasteiger partial charge is 0.191 e. The molecule has 2 heterocycles. The predicted octanol–water partition coefficient (Wildman–Crippen LogP) is 2.13. The highest BCUT2D eigenvalue weighted by Gasteiger charge is 2.01. The summed E-state index contributed by atoms with van der Waals surface area (Å²) < 4.78 is 4.09. The Hall–Kier alpha value is -2.76. The molecule has 3 rings (SSSR count). The fraction of sp³-hybridized carbons (Fsp3) is 0.333. The molecule has 2 aromatic heterocycles. The summed E-state index contributed by atoms with van der Waals surface area (Å²) >= 11 is 0. The van der Waals surface area contributed by atoms with E-state index in [1.54, 1.807) is 11.7 Å². The summed E-state index contributed by atoms with van der Waals surface area (Å²) in [5.74, 6) is 0.816. The zero-order valence-electron chi connectivity index (χ0n) is 14.2. The molecule has 0 aliphatic carbocycles. The molecule has 0 aliphatic rings. The molecule has 2 N–H and O–H groups in total. The van der Waals surface area contributed by atoms with E-state index < -0.39 is 0 Å². The molecule has 0 fully saturated rings. The number of para-hydroxylation sites is 1.